The summed E-state index contributed by atoms with van der Waals surface area (Å²) in [7, 11) is -5.17. The molecule has 3 saturated heterocycles. The highest BCUT2D eigenvalue weighted by Gasteiger charge is 2.58. The molecule has 0 aliphatic carbocycles. The minimum atomic E-state index is -5.17. The van der Waals surface area contributed by atoms with Crippen LogP contribution in [0.25, 0.3) is 0 Å². The molecule has 13 N–H and O–H groups in total. The van der Waals surface area contributed by atoms with E-state index >= 15 is 0 Å². The molecule has 28 nitrogen and oxygen atoms in total. The first kappa shape index (κ1) is 102. The Kier molecular flexibility index (Phi) is 47.5. The summed E-state index contributed by atoms with van der Waals surface area (Å²) in [6, 6.07) is -9.38. The molecule has 648 valence electrons. The first-order chi connectivity index (χ1) is 53.6. The minimum absolute atomic E-state index is 0.000126. The third kappa shape index (κ3) is 39.3. The Bertz CT molecular complexity index is 3400. The molecule has 0 aromatic carbocycles. The van der Waals surface area contributed by atoms with Crippen molar-refractivity contribution in [2.24, 2.45) is 11.8 Å². The number of rotatable bonds is 51. The van der Waals surface area contributed by atoms with Crippen LogP contribution in [0, 0.1) is 11.8 Å². The molecular weight excluding hydrogens is 1490 g/mol. The van der Waals surface area contributed by atoms with Gasteiger partial charge in [-0.05, 0) is 216 Å². The first-order valence-corrected chi connectivity index (χ1v) is 42.1. The van der Waals surface area contributed by atoms with Crippen LogP contribution in [-0.2, 0) is 70.9 Å². The third-order valence-corrected chi connectivity index (χ3v) is 21.5. The smallest absolute Gasteiger partial charge is 0.474 e. The van der Waals surface area contributed by atoms with Crippen molar-refractivity contribution in [1.29, 1.82) is 0 Å². The summed E-state index contributed by atoms with van der Waals surface area (Å²) in [4.78, 5) is 101. The molecule has 5 amide bonds. The summed E-state index contributed by atoms with van der Waals surface area (Å²) in [5.74, 6) is -7.82. The summed E-state index contributed by atoms with van der Waals surface area (Å²) >= 11 is 0. The van der Waals surface area contributed by atoms with Crippen molar-refractivity contribution >= 4 is 49.3 Å². The zero-order valence-electron chi connectivity index (χ0n) is 70.8. The Morgan fingerprint density at radius 2 is 0.807 bits per heavy atom. The number of hydrogen-bond acceptors (Lipinski definition) is 20. The number of amides is 5. The highest BCUT2D eigenvalue weighted by molar-refractivity contribution is 7.47. The summed E-state index contributed by atoms with van der Waals surface area (Å²) in [6.45, 7) is 30.3. The van der Waals surface area contributed by atoms with E-state index in [-0.39, 0.29) is 12.5 Å². The van der Waals surface area contributed by atoms with Gasteiger partial charge in [0.1, 0.15) is 54.7 Å². The minimum Gasteiger partial charge on any atom is -0.480 e. The van der Waals surface area contributed by atoms with Gasteiger partial charge in [-0.3, -0.25) is 33.0 Å². The van der Waals surface area contributed by atoms with Gasteiger partial charge in [0.25, 0.3) is 5.91 Å². The second-order valence-electron chi connectivity index (χ2n) is 32.0. The number of aliphatic hydroxyl groups excluding tert-OH is 5. The maximum atomic E-state index is 13.7. The number of phosphoric ester groups is 1. The van der Waals surface area contributed by atoms with Crippen molar-refractivity contribution in [2.45, 2.75) is 363 Å². The molecule has 3 fully saturated rings. The van der Waals surface area contributed by atoms with E-state index in [4.69, 9.17) is 32.7 Å². The fourth-order valence-corrected chi connectivity index (χ4v) is 14.6. The molecule has 19 atom stereocenters. The molecule has 0 bridgehead atoms. The van der Waals surface area contributed by atoms with E-state index in [1.165, 1.54) is 69.4 Å². The van der Waals surface area contributed by atoms with Gasteiger partial charge >= 0.3 is 19.8 Å². The Labute approximate surface area is 677 Å². The van der Waals surface area contributed by atoms with E-state index in [1.807, 2.05) is 12.2 Å². The number of hydrogen-bond donors (Lipinski definition) is 13. The standard InChI is InChI=1S/C85H140N5O23P/c1-51(2)28-18-29-52(3)30-19-31-53(4)32-20-33-54(5)34-21-35-55(6)36-22-37-56(7)38-23-39-57(8)40-24-41-58(9)42-25-43-59(10)44-26-45-60(11)46-27-47-61(12)48-49-107-114(105,106)113-85-72(89-66(17)96)76(73(97)67(50-91)108-85)109-83-70(87-64(15)94)69(86-63(14)93)77(79(112-83)82(103)104)110-84-71(88-65(16)95)74(98)75(99)78(111-84)80(100)90-68(62(13)92)81(101)102/h30,32,34,36,38,40,42,44,46,51,61-62,67-79,83-85,91-92,97-99H,18-29,31,33,35,37,39,41,43,45,47-50H2,1-17H3,(H,86,93)(H,87,94)(H,88,95)(H,89,96)(H,90,100)(H,101,102)(H,103,104)(H,105,106)/b52-30+,53-32+,54-34-,55-36-,56-38-,57-40-,58-42-,59-44-,60-46-/t61?,62-,67-,68+,69-,70-,71-,72-,73-,74-,75+,76-,77+,78+,79+,83-,84-,85-/m1/s1. The lowest BCUT2D eigenvalue weighted by molar-refractivity contribution is -0.329. The van der Waals surface area contributed by atoms with Crippen LogP contribution in [0.15, 0.2) is 105 Å². The molecule has 0 saturated carbocycles. The van der Waals surface area contributed by atoms with Gasteiger partial charge in [0, 0.05) is 27.7 Å². The number of carboxylic acid groups (broad SMARTS) is 2. The van der Waals surface area contributed by atoms with E-state index in [9.17, 15) is 78.8 Å². The van der Waals surface area contributed by atoms with Gasteiger partial charge in [-0.25, -0.2) is 14.2 Å². The number of carbonyl (C=O) groups excluding carboxylic acids is 5. The zero-order chi connectivity index (χ0) is 85.5. The average molecular weight is 1630 g/mol. The van der Waals surface area contributed by atoms with Gasteiger partial charge in [0.15, 0.2) is 37.1 Å². The molecule has 0 radical (unpaired) electrons. The molecular formula is C85H140N5O23P. The second kappa shape index (κ2) is 53.2. The van der Waals surface area contributed by atoms with Gasteiger partial charge in [0.2, 0.25) is 23.6 Å². The molecule has 29 heteroatoms. The molecule has 3 rings (SSSR count). The van der Waals surface area contributed by atoms with E-state index in [0.717, 1.165) is 150 Å². The van der Waals surface area contributed by atoms with Crippen LogP contribution in [0.4, 0.5) is 0 Å². The normalized spacial score (nSPS) is 26.6. The number of allylic oxidation sites excluding steroid dienone is 18. The fraction of sp³-hybridized carbons (Fsp3) is 0.706. The molecule has 3 aliphatic rings. The fourth-order valence-electron chi connectivity index (χ4n) is 13.7. The summed E-state index contributed by atoms with van der Waals surface area (Å²) in [5.41, 5.74) is 12.9. The SMILES string of the molecule is CC(=O)N[C@@H]1[C@@H](NC(C)=O)[C@H](O[C@H]2[C@H](O)[C@@H](CO)O[C@H](OP(=O)(O)OCCC(C)CC/C=C(/C)CC/C=C(/C)CC/C=C(/C)CC/C=C(/C)CC/C=C(/C)CC/C=C(/C)CC/C=C(/C)CC/C=C(\C)CC/C=C(\C)CCCC(C)C)[C@@H]2NC(C)=O)O[C@H](C(=O)O)[C@H]1O[C@@H]1O[C@H](C(=O)N[C@H](C(=O)O)[C@@H](C)O)[C@@H](O)[C@H](O)[C@H]1NC(C)=O. The van der Waals surface area contributed by atoms with Crippen LogP contribution in [0.3, 0.4) is 0 Å². The Balaban J connectivity index is 1.52. The van der Waals surface area contributed by atoms with Crippen molar-refractivity contribution < 1.29 is 111 Å². The summed E-state index contributed by atoms with van der Waals surface area (Å²) in [6.07, 6.45) is 18.8. The first-order valence-electron chi connectivity index (χ1n) is 40.6. The second-order valence-corrected chi connectivity index (χ2v) is 33.4. The molecule has 0 spiro atoms. The van der Waals surface area contributed by atoms with E-state index in [0.29, 0.717) is 12.8 Å². The van der Waals surface area contributed by atoms with E-state index in [2.05, 4.69) is 152 Å². The van der Waals surface area contributed by atoms with Crippen LogP contribution in [0.5, 0.6) is 0 Å². The van der Waals surface area contributed by atoms with Crippen molar-refractivity contribution in [2.75, 3.05) is 13.2 Å². The van der Waals surface area contributed by atoms with Crippen LogP contribution in [-0.4, -0.2) is 199 Å². The quantitative estimate of drug-likeness (QED) is 0.0199. The van der Waals surface area contributed by atoms with Crippen molar-refractivity contribution in [1.82, 2.24) is 26.6 Å². The largest absolute Gasteiger partial charge is 0.480 e. The predicted molar refractivity (Wildman–Crippen MR) is 436 cm³/mol. The maximum absolute atomic E-state index is 13.7. The molecule has 114 heavy (non-hydrogen) atoms. The molecule has 3 heterocycles. The van der Waals surface area contributed by atoms with Crippen molar-refractivity contribution in [3.8, 4) is 0 Å². The lowest BCUT2D eigenvalue weighted by Crippen LogP contribution is -2.74. The predicted octanol–water partition coefficient (Wildman–Crippen LogP) is 11.6. The van der Waals surface area contributed by atoms with E-state index in [1.54, 1.807) is 0 Å². The molecule has 2 unspecified atom stereocenters. The van der Waals surface area contributed by atoms with Gasteiger partial charge in [0.05, 0.1) is 25.4 Å². The van der Waals surface area contributed by atoms with E-state index < -0.39 is 160 Å². The lowest BCUT2D eigenvalue weighted by atomic mass is 9.91. The average Bonchev–Trinajstić information content (AvgIpc) is 0.760. The monoisotopic (exact) mass is 1630 g/mol. The number of carboxylic acids is 2. The number of aliphatic hydroxyl groups is 5. The molecule has 0 aromatic heterocycles. The third-order valence-electron chi connectivity index (χ3n) is 20.5. The Morgan fingerprint density at radius 1 is 0.439 bits per heavy atom. The van der Waals surface area contributed by atoms with Crippen LogP contribution in [0.1, 0.15) is 259 Å². The molecule has 0 aromatic rings. The van der Waals surface area contributed by atoms with Crippen LogP contribution in [0.2, 0.25) is 0 Å². The summed E-state index contributed by atoms with van der Waals surface area (Å²) < 4.78 is 54.3. The summed E-state index contributed by atoms with van der Waals surface area (Å²) in [5, 5.41) is 86.5. The Hall–Kier alpha value is -6.34. The van der Waals surface area contributed by atoms with Crippen molar-refractivity contribution in [3.63, 3.8) is 0 Å². The van der Waals surface area contributed by atoms with Gasteiger partial charge in [-0.15, -0.1) is 0 Å². The number of phosphoric acid groups is 1. The number of ether oxygens (including phenoxy) is 5. The highest BCUT2D eigenvalue weighted by Crippen LogP contribution is 2.47. The van der Waals surface area contributed by atoms with Gasteiger partial charge < -0.3 is 90.9 Å². The van der Waals surface area contributed by atoms with Crippen LogP contribution < -0.4 is 26.6 Å². The highest BCUT2D eigenvalue weighted by atomic mass is 31.2. The lowest BCUT2D eigenvalue weighted by Gasteiger charge is -2.50. The maximum Gasteiger partial charge on any atom is 0.474 e. The van der Waals surface area contributed by atoms with Crippen LogP contribution >= 0.6 is 7.82 Å². The number of aliphatic carboxylic acids is 2. The zero-order valence-corrected chi connectivity index (χ0v) is 71.7. The van der Waals surface area contributed by atoms with Crippen molar-refractivity contribution in [3.05, 3.63) is 105 Å². The van der Waals surface area contributed by atoms with Gasteiger partial charge in [-0.1, -0.05) is 132 Å². The molecule has 3 aliphatic heterocycles. The Morgan fingerprint density at radius 3 is 1.19 bits per heavy atom. The number of carbonyl (C=O) groups is 7. The van der Waals surface area contributed by atoms with Gasteiger partial charge in [-0.2, -0.15) is 0 Å². The number of nitrogens with one attached hydrogen (secondary N) is 5. The topological polar surface area (TPSA) is 423 Å².